The lowest BCUT2D eigenvalue weighted by Crippen LogP contribution is -2.51. The molecule has 0 amide bonds. The summed E-state index contributed by atoms with van der Waals surface area (Å²) in [6.07, 6.45) is 3.33. The number of nitrogens with zero attached hydrogens (tertiary/aromatic N) is 2. The summed E-state index contributed by atoms with van der Waals surface area (Å²) in [5, 5.41) is 12.8. The van der Waals surface area contributed by atoms with Gasteiger partial charge >= 0.3 is 0 Å². The third-order valence-corrected chi connectivity index (χ3v) is 3.78. The molecule has 0 bridgehead atoms. The van der Waals surface area contributed by atoms with E-state index >= 15 is 0 Å². The van der Waals surface area contributed by atoms with Gasteiger partial charge in [-0.25, -0.2) is 0 Å². The van der Waals surface area contributed by atoms with Gasteiger partial charge in [-0.05, 0) is 40.0 Å². The predicted molar refractivity (Wildman–Crippen MR) is 71.3 cm³/mol. The Morgan fingerprint density at radius 1 is 1.50 bits per heavy atom. The Bertz CT molecular complexity index is 332. The zero-order valence-electron chi connectivity index (χ0n) is 11.8. The molecule has 1 saturated carbocycles. The zero-order valence-corrected chi connectivity index (χ0v) is 11.8. The van der Waals surface area contributed by atoms with E-state index in [0.717, 1.165) is 32.7 Å². The average Bonchev–Trinajstić information content (AvgIpc) is 3.09. The van der Waals surface area contributed by atoms with E-state index in [0.29, 0.717) is 6.04 Å². The van der Waals surface area contributed by atoms with Crippen LogP contribution in [0.4, 0.5) is 0 Å². The number of nitrogens with one attached hydrogen (secondary N) is 1. The SMILES string of the molecule is CC(C#N)(CCN1CCOC(C)(C)C1)NC1CC1. The summed E-state index contributed by atoms with van der Waals surface area (Å²) in [6, 6.07) is 3.02. The molecule has 0 spiro atoms. The first-order valence-electron chi connectivity index (χ1n) is 6.98. The molecule has 1 heterocycles. The molecule has 18 heavy (non-hydrogen) atoms. The smallest absolute Gasteiger partial charge is 0.105 e. The van der Waals surface area contributed by atoms with Gasteiger partial charge in [0.25, 0.3) is 0 Å². The highest BCUT2D eigenvalue weighted by Crippen LogP contribution is 2.24. The van der Waals surface area contributed by atoms with Gasteiger partial charge in [-0.3, -0.25) is 10.2 Å². The Labute approximate surface area is 110 Å². The molecule has 1 aliphatic carbocycles. The van der Waals surface area contributed by atoms with Gasteiger partial charge in [0.05, 0.1) is 18.3 Å². The van der Waals surface area contributed by atoms with Crippen LogP contribution in [0, 0.1) is 11.3 Å². The molecule has 4 nitrogen and oxygen atoms in total. The van der Waals surface area contributed by atoms with Crippen molar-refractivity contribution in [3.05, 3.63) is 0 Å². The molecular weight excluding hydrogens is 226 g/mol. The van der Waals surface area contributed by atoms with Gasteiger partial charge in [0.15, 0.2) is 0 Å². The topological polar surface area (TPSA) is 48.3 Å². The fourth-order valence-electron chi connectivity index (χ4n) is 2.53. The van der Waals surface area contributed by atoms with Gasteiger partial charge in [0.2, 0.25) is 0 Å². The van der Waals surface area contributed by atoms with Crippen molar-refractivity contribution in [2.45, 2.75) is 57.2 Å². The number of hydrogen-bond acceptors (Lipinski definition) is 4. The highest BCUT2D eigenvalue weighted by atomic mass is 16.5. The minimum Gasteiger partial charge on any atom is -0.373 e. The fraction of sp³-hybridized carbons (Fsp3) is 0.929. The summed E-state index contributed by atoms with van der Waals surface area (Å²) >= 11 is 0. The molecule has 1 aliphatic heterocycles. The second-order valence-electron chi connectivity index (χ2n) is 6.50. The molecule has 0 aromatic heterocycles. The maximum Gasteiger partial charge on any atom is 0.105 e. The third-order valence-electron chi connectivity index (χ3n) is 3.78. The number of ether oxygens (including phenoxy) is 1. The van der Waals surface area contributed by atoms with Gasteiger partial charge in [-0.1, -0.05) is 0 Å². The summed E-state index contributed by atoms with van der Waals surface area (Å²) in [5.74, 6) is 0. The highest BCUT2D eigenvalue weighted by Gasteiger charge is 2.34. The minimum atomic E-state index is -0.371. The van der Waals surface area contributed by atoms with E-state index in [-0.39, 0.29) is 11.1 Å². The first-order chi connectivity index (χ1) is 8.42. The molecule has 2 rings (SSSR count). The standard InChI is InChI=1S/C14H25N3O/c1-13(2)11-17(8-9-18-13)7-6-14(3,10-15)16-12-4-5-12/h12,16H,4-9,11H2,1-3H3. The van der Waals surface area contributed by atoms with Crippen molar-refractivity contribution >= 4 is 0 Å². The molecule has 1 N–H and O–H groups in total. The van der Waals surface area contributed by atoms with E-state index in [4.69, 9.17) is 4.74 Å². The summed E-state index contributed by atoms with van der Waals surface area (Å²) in [4.78, 5) is 2.41. The molecule has 1 saturated heterocycles. The van der Waals surface area contributed by atoms with E-state index in [1.165, 1.54) is 12.8 Å². The normalized spacial score (nSPS) is 27.4. The van der Waals surface area contributed by atoms with Crippen molar-refractivity contribution in [2.75, 3.05) is 26.2 Å². The lowest BCUT2D eigenvalue weighted by atomic mass is 9.98. The first kappa shape index (κ1) is 13.8. The van der Waals surface area contributed by atoms with Crippen molar-refractivity contribution in [3.8, 4) is 6.07 Å². The van der Waals surface area contributed by atoms with Gasteiger partial charge in [-0.15, -0.1) is 0 Å². The zero-order chi connectivity index (χ0) is 13.2. The summed E-state index contributed by atoms with van der Waals surface area (Å²) in [7, 11) is 0. The third kappa shape index (κ3) is 3.94. The molecule has 102 valence electrons. The molecule has 2 fully saturated rings. The van der Waals surface area contributed by atoms with Crippen LogP contribution in [-0.4, -0.2) is 48.3 Å². The number of rotatable bonds is 5. The lowest BCUT2D eigenvalue weighted by Gasteiger charge is -2.39. The van der Waals surface area contributed by atoms with Crippen molar-refractivity contribution in [1.82, 2.24) is 10.2 Å². The Balaban J connectivity index is 1.80. The van der Waals surface area contributed by atoms with Crippen LogP contribution in [0.5, 0.6) is 0 Å². The number of nitriles is 1. The van der Waals surface area contributed by atoms with Crippen LogP contribution in [0.15, 0.2) is 0 Å². The second kappa shape index (κ2) is 5.16. The van der Waals surface area contributed by atoms with E-state index in [2.05, 4.69) is 30.1 Å². The van der Waals surface area contributed by atoms with E-state index in [1.807, 2.05) is 6.92 Å². The number of hydrogen-bond donors (Lipinski definition) is 1. The van der Waals surface area contributed by atoms with Crippen molar-refractivity contribution < 1.29 is 4.74 Å². The molecule has 2 aliphatic rings. The van der Waals surface area contributed by atoms with Gasteiger partial charge in [0.1, 0.15) is 5.54 Å². The van der Waals surface area contributed by atoms with Gasteiger partial charge in [0, 0.05) is 25.7 Å². The Morgan fingerprint density at radius 2 is 2.22 bits per heavy atom. The molecule has 0 aromatic carbocycles. The van der Waals surface area contributed by atoms with Gasteiger partial charge in [-0.2, -0.15) is 5.26 Å². The van der Waals surface area contributed by atoms with Crippen LogP contribution in [0.25, 0.3) is 0 Å². The second-order valence-corrected chi connectivity index (χ2v) is 6.50. The van der Waals surface area contributed by atoms with Crippen molar-refractivity contribution in [1.29, 1.82) is 5.26 Å². The molecule has 1 unspecified atom stereocenters. The molecule has 1 atom stereocenters. The molecule has 0 aromatic rings. The minimum absolute atomic E-state index is 0.0504. The quantitative estimate of drug-likeness (QED) is 0.805. The fourth-order valence-corrected chi connectivity index (χ4v) is 2.53. The van der Waals surface area contributed by atoms with Crippen LogP contribution in [0.1, 0.15) is 40.0 Å². The maximum absolute atomic E-state index is 9.34. The van der Waals surface area contributed by atoms with Gasteiger partial charge < -0.3 is 4.74 Å². The Morgan fingerprint density at radius 3 is 2.78 bits per heavy atom. The average molecular weight is 251 g/mol. The maximum atomic E-state index is 9.34. The monoisotopic (exact) mass is 251 g/mol. The van der Waals surface area contributed by atoms with Crippen molar-refractivity contribution in [3.63, 3.8) is 0 Å². The van der Waals surface area contributed by atoms with Crippen LogP contribution >= 0.6 is 0 Å². The van der Waals surface area contributed by atoms with E-state index in [9.17, 15) is 5.26 Å². The van der Waals surface area contributed by atoms with Crippen molar-refractivity contribution in [2.24, 2.45) is 0 Å². The molecular formula is C14H25N3O. The largest absolute Gasteiger partial charge is 0.373 e. The summed E-state index contributed by atoms with van der Waals surface area (Å²) < 4.78 is 5.71. The lowest BCUT2D eigenvalue weighted by molar-refractivity contribution is -0.0868. The first-order valence-corrected chi connectivity index (χ1v) is 6.98. The van der Waals surface area contributed by atoms with Crippen LogP contribution in [0.2, 0.25) is 0 Å². The Hall–Kier alpha value is -0.630. The highest BCUT2D eigenvalue weighted by molar-refractivity contribution is 5.07. The summed E-state index contributed by atoms with van der Waals surface area (Å²) in [5.41, 5.74) is -0.422. The molecule has 0 radical (unpaired) electrons. The summed E-state index contributed by atoms with van der Waals surface area (Å²) in [6.45, 7) is 9.99. The van der Waals surface area contributed by atoms with E-state index < -0.39 is 0 Å². The van der Waals surface area contributed by atoms with Crippen LogP contribution in [-0.2, 0) is 4.74 Å². The number of morpholine rings is 1. The van der Waals surface area contributed by atoms with Crippen LogP contribution < -0.4 is 5.32 Å². The predicted octanol–water partition coefficient (Wildman–Crippen LogP) is 1.52. The molecule has 4 heteroatoms. The van der Waals surface area contributed by atoms with Crippen LogP contribution in [0.3, 0.4) is 0 Å². The Kier molecular flexibility index (Phi) is 3.96. The van der Waals surface area contributed by atoms with E-state index in [1.54, 1.807) is 0 Å².